The van der Waals surface area contributed by atoms with E-state index in [0.717, 1.165) is 5.56 Å². The monoisotopic (exact) mass is 484 g/mol. The molecule has 0 spiro atoms. The fraction of sp³-hybridized carbons (Fsp3) is 0.148. The van der Waals surface area contributed by atoms with Crippen LogP contribution in [0.2, 0.25) is 0 Å². The number of rotatable bonds is 4. The molecule has 0 fully saturated rings. The van der Waals surface area contributed by atoms with Gasteiger partial charge in [0.2, 0.25) is 5.82 Å². The number of amides is 2. The van der Waals surface area contributed by atoms with Gasteiger partial charge in [0.05, 0.1) is 17.3 Å². The van der Waals surface area contributed by atoms with Gasteiger partial charge in [-0.15, -0.1) is 0 Å². The number of halogens is 1. The lowest BCUT2D eigenvalue weighted by atomic mass is 9.94. The number of nitrogens with one attached hydrogen (secondary N) is 1. The van der Waals surface area contributed by atoms with Gasteiger partial charge in [-0.2, -0.15) is 4.98 Å². The molecule has 2 amide bonds. The van der Waals surface area contributed by atoms with Gasteiger partial charge in [0.15, 0.2) is 11.5 Å². The number of carbonyl (C=O) groups is 1. The van der Waals surface area contributed by atoms with E-state index in [2.05, 4.69) is 15.5 Å². The van der Waals surface area contributed by atoms with Crippen LogP contribution in [0.25, 0.3) is 17.0 Å². The van der Waals surface area contributed by atoms with Crippen molar-refractivity contribution in [3.8, 4) is 22.9 Å². The fourth-order valence-electron chi connectivity index (χ4n) is 4.45. The Labute approximate surface area is 206 Å². The number of fused-ring (bicyclic) bond motifs is 1. The zero-order valence-corrected chi connectivity index (χ0v) is 19.3. The van der Waals surface area contributed by atoms with E-state index in [0.29, 0.717) is 53.1 Å². The van der Waals surface area contributed by atoms with Crippen LogP contribution in [0.4, 0.5) is 14.9 Å². The first-order valence-electron chi connectivity index (χ1n) is 11.4. The van der Waals surface area contributed by atoms with Gasteiger partial charge in [-0.05, 0) is 48.9 Å². The van der Waals surface area contributed by atoms with Gasteiger partial charge in [-0.25, -0.2) is 9.18 Å². The largest absolute Gasteiger partial charge is 0.486 e. The van der Waals surface area contributed by atoms with Gasteiger partial charge in [0.1, 0.15) is 19.0 Å². The van der Waals surface area contributed by atoms with Crippen molar-refractivity contribution in [2.75, 3.05) is 18.1 Å². The highest BCUT2D eigenvalue weighted by molar-refractivity contribution is 6.01. The van der Waals surface area contributed by atoms with E-state index < -0.39 is 6.04 Å². The first-order chi connectivity index (χ1) is 17.6. The molecule has 3 heterocycles. The molecule has 0 saturated carbocycles. The van der Waals surface area contributed by atoms with E-state index in [1.54, 1.807) is 35.2 Å². The number of hydrogen-bond acceptors (Lipinski definition) is 6. The van der Waals surface area contributed by atoms with Crippen LogP contribution in [-0.2, 0) is 0 Å². The Morgan fingerprint density at radius 1 is 0.972 bits per heavy atom. The summed E-state index contributed by atoms with van der Waals surface area (Å²) in [5.41, 5.74) is 3.36. The number of hydrogen-bond donors (Lipinski definition) is 1. The first-order valence-corrected chi connectivity index (χ1v) is 11.4. The van der Waals surface area contributed by atoms with Gasteiger partial charge in [-0.3, -0.25) is 4.90 Å². The zero-order chi connectivity index (χ0) is 24.6. The molecule has 4 aromatic rings. The molecule has 0 bridgehead atoms. The van der Waals surface area contributed by atoms with Crippen LogP contribution in [0.3, 0.4) is 0 Å². The van der Waals surface area contributed by atoms with Crippen LogP contribution in [0.5, 0.6) is 11.5 Å². The number of carbonyl (C=O) groups excluding carboxylic acids is 1. The van der Waals surface area contributed by atoms with Crippen molar-refractivity contribution in [1.29, 1.82) is 0 Å². The van der Waals surface area contributed by atoms with E-state index in [1.165, 1.54) is 12.1 Å². The second kappa shape index (κ2) is 8.84. The lowest BCUT2D eigenvalue weighted by Crippen LogP contribution is -2.46. The molecule has 1 N–H and O–H groups in total. The Morgan fingerprint density at radius 2 is 1.72 bits per heavy atom. The number of urea groups is 1. The Balaban J connectivity index is 1.47. The smallest absolute Gasteiger partial charge is 0.327 e. The van der Waals surface area contributed by atoms with Crippen LogP contribution in [0.1, 0.15) is 24.4 Å². The van der Waals surface area contributed by atoms with E-state index in [9.17, 15) is 9.18 Å². The lowest BCUT2D eigenvalue weighted by molar-refractivity contribution is 0.171. The maximum absolute atomic E-state index is 13.4. The van der Waals surface area contributed by atoms with E-state index in [1.807, 2.05) is 37.3 Å². The molecular formula is C27H21FN4O4. The summed E-state index contributed by atoms with van der Waals surface area (Å²) in [6.45, 7) is 2.75. The Morgan fingerprint density at radius 3 is 2.50 bits per heavy atom. The predicted molar refractivity (Wildman–Crippen MR) is 130 cm³/mol. The Kier molecular flexibility index (Phi) is 5.37. The number of benzene rings is 3. The van der Waals surface area contributed by atoms with Crippen molar-refractivity contribution in [3.63, 3.8) is 0 Å². The van der Waals surface area contributed by atoms with Crippen molar-refractivity contribution in [1.82, 2.24) is 15.5 Å². The highest BCUT2D eigenvalue weighted by atomic mass is 19.1. The van der Waals surface area contributed by atoms with Gasteiger partial charge >= 0.3 is 6.03 Å². The van der Waals surface area contributed by atoms with Crippen LogP contribution >= 0.6 is 0 Å². The molecule has 1 atom stereocenters. The molecule has 1 unspecified atom stereocenters. The summed E-state index contributed by atoms with van der Waals surface area (Å²) >= 11 is 0. The molecule has 2 aliphatic rings. The SMILES string of the molecule is CC1=C(c2nc(-c3ccc(F)cc3)no2)C(c2ccccc2)NC(=O)N1c1ccc2c(c1)OCCO2. The van der Waals surface area contributed by atoms with Crippen molar-refractivity contribution < 1.29 is 23.2 Å². The summed E-state index contributed by atoms with van der Waals surface area (Å²) in [6, 6.07) is 20.0. The number of allylic oxidation sites excluding steroid dienone is 1. The highest BCUT2D eigenvalue weighted by Gasteiger charge is 2.37. The second-order valence-corrected chi connectivity index (χ2v) is 8.39. The van der Waals surface area contributed by atoms with Gasteiger partial charge in [-0.1, -0.05) is 35.5 Å². The van der Waals surface area contributed by atoms with Gasteiger partial charge in [0, 0.05) is 17.3 Å². The third-order valence-corrected chi connectivity index (χ3v) is 6.16. The minimum atomic E-state index is -0.520. The predicted octanol–water partition coefficient (Wildman–Crippen LogP) is 5.35. The number of anilines is 1. The average molecular weight is 484 g/mol. The van der Waals surface area contributed by atoms with Gasteiger partial charge < -0.3 is 19.3 Å². The summed E-state index contributed by atoms with van der Waals surface area (Å²) in [6.07, 6.45) is 0. The molecular weight excluding hydrogens is 463 g/mol. The van der Waals surface area contributed by atoms with Crippen molar-refractivity contribution in [2.24, 2.45) is 0 Å². The summed E-state index contributed by atoms with van der Waals surface area (Å²) in [5.74, 6) is 1.42. The number of ether oxygens (including phenoxy) is 2. The quantitative estimate of drug-likeness (QED) is 0.420. The van der Waals surface area contributed by atoms with Crippen LogP contribution in [-0.4, -0.2) is 29.4 Å². The summed E-state index contributed by atoms with van der Waals surface area (Å²) in [7, 11) is 0. The third-order valence-electron chi connectivity index (χ3n) is 6.16. The number of nitrogens with zero attached hydrogens (tertiary/aromatic N) is 3. The zero-order valence-electron chi connectivity index (χ0n) is 19.3. The molecule has 0 saturated heterocycles. The van der Waals surface area contributed by atoms with Crippen molar-refractivity contribution in [3.05, 3.63) is 95.8 Å². The first kappa shape index (κ1) is 21.8. The molecule has 6 rings (SSSR count). The second-order valence-electron chi connectivity index (χ2n) is 8.39. The minimum absolute atomic E-state index is 0.253. The van der Waals surface area contributed by atoms with E-state index >= 15 is 0 Å². The third kappa shape index (κ3) is 3.84. The van der Waals surface area contributed by atoms with Crippen LogP contribution in [0.15, 0.2) is 83.0 Å². The van der Waals surface area contributed by atoms with Gasteiger partial charge in [0.25, 0.3) is 5.89 Å². The highest BCUT2D eigenvalue weighted by Crippen LogP contribution is 2.41. The fourth-order valence-corrected chi connectivity index (χ4v) is 4.45. The van der Waals surface area contributed by atoms with Crippen molar-refractivity contribution in [2.45, 2.75) is 13.0 Å². The molecule has 180 valence electrons. The van der Waals surface area contributed by atoms with E-state index in [-0.39, 0.29) is 17.7 Å². The molecule has 2 aliphatic heterocycles. The summed E-state index contributed by atoms with van der Waals surface area (Å²) < 4.78 is 30.4. The molecule has 0 radical (unpaired) electrons. The normalized spacial score (nSPS) is 17.2. The molecule has 36 heavy (non-hydrogen) atoms. The molecule has 8 nitrogen and oxygen atoms in total. The molecule has 0 aliphatic carbocycles. The Hall–Kier alpha value is -4.66. The summed E-state index contributed by atoms with van der Waals surface area (Å²) in [5, 5.41) is 7.19. The molecule has 3 aromatic carbocycles. The maximum atomic E-state index is 13.4. The average Bonchev–Trinajstić information content (AvgIpc) is 3.39. The molecule has 9 heteroatoms. The maximum Gasteiger partial charge on any atom is 0.327 e. The molecule has 1 aromatic heterocycles. The standard InChI is InChI=1S/C27H21FN4O4/c1-16-23(26-30-25(31-36-26)18-7-9-19(28)10-8-18)24(17-5-3-2-4-6-17)29-27(33)32(16)20-11-12-21-22(15-20)35-14-13-34-21/h2-12,15,24H,13-14H2,1H3,(H,29,33). The topological polar surface area (TPSA) is 89.7 Å². The number of aromatic nitrogens is 2. The Bertz CT molecular complexity index is 1470. The minimum Gasteiger partial charge on any atom is -0.486 e. The van der Waals surface area contributed by atoms with E-state index in [4.69, 9.17) is 14.0 Å². The van der Waals surface area contributed by atoms with Crippen molar-refractivity contribution >= 4 is 17.3 Å². The lowest BCUT2D eigenvalue weighted by Gasteiger charge is -2.35. The van der Waals surface area contributed by atoms with Crippen LogP contribution < -0.4 is 19.7 Å². The summed E-state index contributed by atoms with van der Waals surface area (Å²) in [4.78, 5) is 19.6. The van der Waals surface area contributed by atoms with Crippen LogP contribution in [0, 0.1) is 5.82 Å².